The summed E-state index contributed by atoms with van der Waals surface area (Å²) in [5.74, 6) is 0.200. The quantitative estimate of drug-likeness (QED) is 0.367. The smallest absolute Gasteiger partial charge is 0.330 e. The zero-order chi connectivity index (χ0) is 11.6. The van der Waals surface area contributed by atoms with Crippen molar-refractivity contribution in [3.8, 4) is 0 Å². The van der Waals surface area contributed by atoms with Crippen LogP contribution in [0, 0.1) is 0 Å². The normalized spacial score (nSPS) is 11.1. The van der Waals surface area contributed by atoms with Gasteiger partial charge in [0, 0.05) is 11.8 Å². The van der Waals surface area contributed by atoms with Gasteiger partial charge in [0.25, 0.3) is 0 Å². The van der Waals surface area contributed by atoms with Crippen LogP contribution in [0.2, 0.25) is 0 Å². The Balaban J connectivity index is 2.36. The summed E-state index contributed by atoms with van der Waals surface area (Å²) >= 11 is 3.94. The maximum atomic E-state index is 11.0. The molecule has 0 aliphatic carbocycles. The minimum absolute atomic E-state index is 0.341. The van der Waals surface area contributed by atoms with Crippen molar-refractivity contribution in [1.29, 1.82) is 0 Å². The van der Waals surface area contributed by atoms with Gasteiger partial charge in [-0.15, -0.1) is 0 Å². The van der Waals surface area contributed by atoms with E-state index in [1.165, 1.54) is 6.08 Å². The molecule has 0 saturated heterocycles. The number of ether oxygens (including phenoxy) is 1. The van der Waals surface area contributed by atoms with E-state index in [-0.39, 0.29) is 5.97 Å². The number of allylic oxidation sites excluding steroid dienone is 2. The predicted octanol–water partition coefficient (Wildman–Crippen LogP) is 2.73. The summed E-state index contributed by atoms with van der Waals surface area (Å²) in [6.07, 6.45) is 6.77. The van der Waals surface area contributed by atoms with Gasteiger partial charge in [0.1, 0.15) is 6.61 Å². The molecule has 0 bridgehead atoms. The van der Waals surface area contributed by atoms with Crippen molar-refractivity contribution in [2.75, 3.05) is 12.4 Å². The van der Waals surface area contributed by atoms with Crippen molar-refractivity contribution >= 4 is 24.7 Å². The molecule has 0 aromatic heterocycles. The van der Waals surface area contributed by atoms with Crippen molar-refractivity contribution < 1.29 is 9.53 Å². The fourth-order valence-electron chi connectivity index (χ4n) is 1.06. The standard InChI is InChI=1S/C13H14O2S/c14-13(15-10-11-16)9-5-4-8-12-6-2-1-3-7-12/h1-9,16H,10-11H2/b8-4+,9-5+. The van der Waals surface area contributed by atoms with Crippen LogP contribution >= 0.6 is 12.6 Å². The van der Waals surface area contributed by atoms with Crippen LogP contribution in [-0.2, 0) is 9.53 Å². The Labute approximate surface area is 101 Å². The molecule has 0 heterocycles. The minimum atomic E-state index is -0.341. The van der Waals surface area contributed by atoms with Gasteiger partial charge in [-0.2, -0.15) is 12.6 Å². The third kappa shape index (κ3) is 5.41. The van der Waals surface area contributed by atoms with Crippen LogP contribution in [0.5, 0.6) is 0 Å². The summed E-state index contributed by atoms with van der Waals surface area (Å²) in [6, 6.07) is 9.86. The summed E-state index contributed by atoms with van der Waals surface area (Å²) in [5.41, 5.74) is 1.09. The maximum Gasteiger partial charge on any atom is 0.330 e. The highest BCUT2D eigenvalue weighted by Crippen LogP contribution is 2.00. The van der Waals surface area contributed by atoms with Crippen LogP contribution in [0.1, 0.15) is 5.56 Å². The van der Waals surface area contributed by atoms with Gasteiger partial charge in [0.15, 0.2) is 0 Å². The molecule has 0 unspecified atom stereocenters. The van der Waals surface area contributed by atoms with Crippen LogP contribution in [0.4, 0.5) is 0 Å². The zero-order valence-corrected chi connectivity index (χ0v) is 9.77. The van der Waals surface area contributed by atoms with Crippen molar-refractivity contribution in [2.45, 2.75) is 0 Å². The molecule has 0 atom stereocenters. The molecule has 0 fully saturated rings. The maximum absolute atomic E-state index is 11.0. The lowest BCUT2D eigenvalue weighted by Gasteiger charge is -1.95. The molecular formula is C13H14O2S. The number of hydrogen-bond acceptors (Lipinski definition) is 3. The summed E-state index contributed by atoms with van der Waals surface area (Å²) in [6.45, 7) is 0.342. The molecular weight excluding hydrogens is 220 g/mol. The van der Waals surface area contributed by atoms with Gasteiger partial charge in [0.05, 0.1) is 0 Å². The molecule has 1 aromatic carbocycles. The second kappa shape index (κ2) is 7.77. The monoisotopic (exact) mass is 234 g/mol. The SMILES string of the molecule is O=C(/C=C/C=C/c1ccccc1)OCCS. The number of hydrogen-bond donors (Lipinski definition) is 1. The molecule has 0 radical (unpaired) electrons. The minimum Gasteiger partial charge on any atom is -0.462 e. The topological polar surface area (TPSA) is 26.3 Å². The summed E-state index contributed by atoms with van der Waals surface area (Å²) in [7, 11) is 0. The Kier molecular flexibility index (Phi) is 6.11. The van der Waals surface area contributed by atoms with Gasteiger partial charge in [0.2, 0.25) is 0 Å². The average molecular weight is 234 g/mol. The largest absolute Gasteiger partial charge is 0.462 e. The second-order valence-corrected chi connectivity index (χ2v) is 3.47. The zero-order valence-electron chi connectivity index (χ0n) is 8.87. The molecule has 3 heteroatoms. The lowest BCUT2D eigenvalue weighted by Crippen LogP contribution is -2.02. The van der Waals surface area contributed by atoms with Crippen molar-refractivity contribution in [2.24, 2.45) is 0 Å². The molecule has 1 aromatic rings. The van der Waals surface area contributed by atoms with E-state index in [1.807, 2.05) is 36.4 Å². The second-order valence-electron chi connectivity index (χ2n) is 3.02. The molecule has 0 spiro atoms. The molecule has 0 saturated carbocycles. The Morgan fingerprint density at radius 3 is 2.69 bits per heavy atom. The molecule has 1 rings (SSSR count). The van der Waals surface area contributed by atoms with Crippen LogP contribution in [-0.4, -0.2) is 18.3 Å². The fourth-order valence-corrected chi connectivity index (χ4v) is 1.15. The number of carbonyl (C=O) groups is 1. The van der Waals surface area contributed by atoms with Gasteiger partial charge in [-0.3, -0.25) is 0 Å². The van der Waals surface area contributed by atoms with E-state index in [4.69, 9.17) is 4.74 Å². The molecule has 0 aliphatic rings. The van der Waals surface area contributed by atoms with Gasteiger partial charge in [-0.1, -0.05) is 48.6 Å². The number of rotatable bonds is 5. The van der Waals surface area contributed by atoms with Gasteiger partial charge in [-0.25, -0.2) is 4.79 Å². The van der Waals surface area contributed by atoms with Crippen LogP contribution < -0.4 is 0 Å². The first kappa shape index (κ1) is 12.6. The van der Waals surface area contributed by atoms with Crippen molar-refractivity contribution in [1.82, 2.24) is 0 Å². The third-order valence-corrected chi connectivity index (χ3v) is 1.95. The highest BCUT2D eigenvalue weighted by molar-refractivity contribution is 7.80. The molecule has 0 amide bonds. The molecule has 2 nitrogen and oxygen atoms in total. The average Bonchev–Trinajstić information content (AvgIpc) is 2.33. The van der Waals surface area contributed by atoms with Crippen LogP contribution in [0.3, 0.4) is 0 Å². The first-order valence-electron chi connectivity index (χ1n) is 5.00. The highest BCUT2D eigenvalue weighted by atomic mass is 32.1. The van der Waals surface area contributed by atoms with Gasteiger partial charge < -0.3 is 4.74 Å². The number of carbonyl (C=O) groups excluding carboxylic acids is 1. The summed E-state index contributed by atoms with van der Waals surface area (Å²) in [4.78, 5) is 11.0. The lowest BCUT2D eigenvalue weighted by atomic mass is 10.2. The highest BCUT2D eigenvalue weighted by Gasteiger charge is 1.92. The first-order valence-corrected chi connectivity index (χ1v) is 5.63. The van der Waals surface area contributed by atoms with Gasteiger partial charge >= 0.3 is 5.97 Å². The first-order chi connectivity index (χ1) is 7.83. The Morgan fingerprint density at radius 1 is 1.25 bits per heavy atom. The molecule has 84 valence electrons. The lowest BCUT2D eigenvalue weighted by molar-refractivity contribution is -0.137. The fraction of sp³-hybridized carbons (Fsp3) is 0.154. The van der Waals surface area contributed by atoms with E-state index < -0.39 is 0 Å². The Morgan fingerprint density at radius 2 is 2.00 bits per heavy atom. The van der Waals surface area contributed by atoms with Crippen molar-refractivity contribution in [3.63, 3.8) is 0 Å². The van der Waals surface area contributed by atoms with E-state index in [0.29, 0.717) is 12.4 Å². The third-order valence-electron chi connectivity index (χ3n) is 1.77. The Bertz CT molecular complexity index is 369. The summed E-state index contributed by atoms with van der Waals surface area (Å²) in [5, 5.41) is 0. The number of benzene rings is 1. The number of thiol groups is 1. The van der Waals surface area contributed by atoms with E-state index in [1.54, 1.807) is 12.2 Å². The van der Waals surface area contributed by atoms with Crippen LogP contribution in [0.25, 0.3) is 6.08 Å². The van der Waals surface area contributed by atoms with Crippen LogP contribution in [0.15, 0.2) is 48.6 Å². The van der Waals surface area contributed by atoms with E-state index >= 15 is 0 Å². The Hall–Kier alpha value is -1.48. The number of esters is 1. The summed E-state index contributed by atoms with van der Waals surface area (Å²) < 4.78 is 4.81. The van der Waals surface area contributed by atoms with Gasteiger partial charge in [-0.05, 0) is 5.56 Å². The molecule has 0 aliphatic heterocycles. The van der Waals surface area contributed by atoms with E-state index in [2.05, 4.69) is 12.6 Å². The van der Waals surface area contributed by atoms with E-state index in [9.17, 15) is 4.79 Å². The molecule has 0 N–H and O–H groups in total. The van der Waals surface area contributed by atoms with E-state index in [0.717, 1.165) is 5.56 Å². The molecule has 16 heavy (non-hydrogen) atoms. The van der Waals surface area contributed by atoms with Crippen molar-refractivity contribution in [3.05, 3.63) is 54.1 Å². The predicted molar refractivity (Wildman–Crippen MR) is 69.4 cm³/mol.